The molecule has 0 bridgehead atoms. The molecule has 0 amide bonds. The number of carboxylic acid groups (broad SMARTS) is 1. The van der Waals surface area contributed by atoms with Crippen molar-refractivity contribution in [1.29, 1.82) is 5.26 Å². The summed E-state index contributed by atoms with van der Waals surface area (Å²) in [6, 6.07) is 7.51. The number of benzene rings is 1. The minimum atomic E-state index is -3.63. The molecule has 0 saturated carbocycles. The maximum Gasteiger partial charge on any atom is 0.303 e. The Morgan fingerprint density at radius 3 is 2.50 bits per heavy atom. The van der Waals surface area contributed by atoms with Gasteiger partial charge in [-0.3, -0.25) is 4.79 Å². The van der Waals surface area contributed by atoms with Crippen molar-refractivity contribution >= 4 is 16.0 Å². The highest BCUT2D eigenvalue weighted by Crippen LogP contribution is 2.11. The summed E-state index contributed by atoms with van der Waals surface area (Å²) in [6.07, 6.45) is 0.422. The summed E-state index contributed by atoms with van der Waals surface area (Å²) in [5.74, 6) is -0.967. The average molecular weight is 296 g/mol. The van der Waals surface area contributed by atoms with E-state index in [1.54, 1.807) is 6.92 Å². The highest BCUT2D eigenvalue weighted by molar-refractivity contribution is 7.89. The molecule has 108 valence electrons. The molecule has 2 N–H and O–H groups in total. The van der Waals surface area contributed by atoms with Gasteiger partial charge in [-0.15, -0.1) is 0 Å². The first-order valence-corrected chi connectivity index (χ1v) is 7.55. The van der Waals surface area contributed by atoms with Crippen molar-refractivity contribution < 1.29 is 18.3 Å². The Balaban J connectivity index is 2.61. The molecule has 0 aliphatic rings. The maximum absolute atomic E-state index is 12.0. The molecule has 1 unspecified atom stereocenters. The van der Waals surface area contributed by atoms with Gasteiger partial charge in [0.25, 0.3) is 0 Å². The molecule has 1 aromatic rings. The molecule has 1 rings (SSSR count). The van der Waals surface area contributed by atoms with Crippen LogP contribution in [0.2, 0.25) is 0 Å². The minimum absolute atomic E-state index is 0.0137. The first kappa shape index (κ1) is 16.1. The van der Waals surface area contributed by atoms with Crippen LogP contribution in [0.3, 0.4) is 0 Å². The predicted octanol–water partition coefficient (Wildman–Crippen LogP) is 1.34. The molecule has 0 aliphatic heterocycles. The van der Waals surface area contributed by atoms with Gasteiger partial charge in [0.1, 0.15) is 0 Å². The van der Waals surface area contributed by atoms with E-state index in [1.165, 1.54) is 24.3 Å². The second-order valence-corrected chi connectivity index (χ2v) is 6.29. The summed E-state index contributed by atoms with van der Waals surface area (Å²) in [5, 5.41) is 17.2. The summed E-state index contributed by atoms with van der Waals surface area (Å²) >= 11 is 0. The van der Waals surface area contributed by atoms with Crippen LogP contribution in [-0.2, 0) is 14.8 Å². The maximum atomic E-state index is 12.0. The Bertz CT molecular complexity index is 602. The van der Waals surface area contributed by atoms with Gasteiger partial charge in [-0.25, -0.2) is 13.1 Å². The lowest BCUT2D eigenvalue weighted by molar-refractivity contribution is -0.137. The molecule has 0 radical (unpaired) electrons. The van der Waals surface area contributed by atoms with Gasteiger partial charge in [0.15, 0.2) is 0 Å². The molecule has 1 aromatic carbocycles. The summed E-state index contributed by atoms with van der Waals surface area (Å²) in [5.41, 5.74) is 0.388. The number of rotatable bonds is 7. The number of carbonyl (C=O) groups is 1. The highest BCUT2D eigenvalue weighted by atomic mass is 32.2. The van der Waals surface area contributed by atoms with Crippen molar-refractivity contribution in [3.63, 3.8) is 0 Å². The van der Waals surface area contributed by atoms with Gasteiger partial charge < -0.3 is 5.11 Å². The number of aliphatic carboxylic acids is 1. The van der Waals surface area contributed by atoms with E-state index in [4.69, 9.17) is 10.4 Å². The Morgan fingerprint density at radius 2 is 2.00 bits per heavy atom. The fraction of sp³-hybridized carbons (Fsp3) is 0.385. The predicted molar refractivity (Wildman–Crippen MR) is 72.4 cm³/mol. The van der Waals surface area contributed by atoms with Gasteiger partial charge in [-0.1, -0.05) is 6.92 Å². The molecule has 7 heteroatoms. The molecule has 20 heavy (non-hydrogen) atoms. The lowest BCUT2D eigenvalue weighted by Crippen LogP contribution is -2.28. The van der Waals surface area contributed by atoms with Crippen LogP contribution in [-0.4, -0.2) is 26.0 Å². The third-order valence-electron chi connectivity index (χ3n) is 2.77. The van der Waals surface area contributed by atoms with Crippen LogP contribution < -0.4 is 4.72 Å². The van der Waals surface area contributed by atoms with Gasteiger partial charge in [-0.05, 0) is 36.6 Å². The monoisotopic (exact) mass is 296 g/mol. The zero-order valence-electron chi connectivity index (χ0n) is 11.0. The van der Waals surface area contributed by atoms with E-state index in [1.807, 2.05) is 6.07 Å². The molecular weight excluding hydrogens is 280 g/mol. The van der Waals surface area contributed by atoms with Gasteiger partial charge in [0.2, 0.25) is 10.0 Å². The SMILES string of the molecule is CC(CCC(=O)O)CNS(=O)(=O)c1ccc(C#N)cc1. The van der Waals surface area contributed by atoms with Crippen LogP contribution in [0.1, 0.15) is 25.3 Å². The number of hydrogen-bond acceptors (Lipinski definition) is 4. The fourth-order valence-corrected chi connectivity index (χ4v) is 2.68. The van der Waals surface area contributed by atoms with Crippen molar-refractivity contribution in [2.75, 3.05) is 6.54 Å². The largest absolute Gasteiger partial charge is 0.481 e. The van der Waals surface area contributed by atoms with E-state index in [0.29, 0.717) is 12.0 Å². The molecule has 0 spiro atoms. The van der Waals surface area contributed by atoms with Crippen LogP contribution in [0.5, 0.6) is 0 Å². The Hall–Kier alpha value is -1.91. The molecule has 0 heterocycles. The van der Waals surface area contributed by atoms with Gasteiger partial charge in [-0.2, -0.15) is 5.26 Å². The fourth-order valence-electron chi connectivity index (χ4n) is 1.52. The first-order valence-electron chi connectivity index (χ1n) is 6.07. The number of carboxylic acids is 1. The molecule has 0 aliphatic carbocycles. The van der Waals surface area contributed by atoms with Crippen LogP contribution in [0, 0.1) is 17.2 Å². The number of hydrogen-bond donors (Lipinski definition) is 2. The van der Waals surface area contributed by atoms with Gasteiger partial charge >= 0.3 is 5.97 Å². The van der Waals surface area contributed by atoms with E-state index >= 15 is 0 Å². The second kappa shape index (κ2) is 7.03. The van der Waals surface area contributed by atoms with Crippen molar-refractivity contribution in [1.82, 2.24) is 4.72 Å². The Labute approximate surface area is 118 Å². The molecule has 1 atom stereocenters. The van der Waals surface area contributed by atoms with Crippen LogP contribution >= 0.6 is 0 Å². The number of nitrogens with zero attached hydrogens (tertiary/aromatic N) is 1. The Morgan fingerprint density at radius 1 is 1.40 bits per heavy atom. The highest BCUT2D eigenvalue weighted by Gasteiger charge is 2.15. The van der Waals surface area contributed by atoms with E-state index in [-0.39, 0.29) is 23.8 Å². The van der Waals surface area contributed by atoms with Crippen molar-refractivity contribution in [2.45, 2.75) is 24.7 Å². The number of sulfonamides is 1. The normalized spacial score (nSPS) is 12.6. The zero-order chi connectivity index (χ0) is 15.2. The molecule has 0 saturated heterocycles. The van der Waals surface area contributed by atoms with Crippen molar-refractivity contribution in [2.24, 2.45) is 5.92 Å². The summed E-state index contributed by atoms with van der Waals surface area (Å²) in [4.78, 5) is 10.5. The van der Waals surface area contributed by atoms with Gasteiger partial charge in [0.05, 0.1) is 16.5 Å². The lowest BCUT2D eigenvalue weighted by atomic mass is 10.1. The van der Waals surface area contributed by atoms with Crippen molar-refractivity contribution in [3.05, 3.63) is 29.8 Å². The van der Waals surface area contributed by atoms with E-state index in [0.717, 1.165) is 0 Å². The average Bonchev–Trinajstić information content (AvgIpc) is 2.43. The van der Waals surface area contributed by atoms with Crippen LogP contribution in [0.4, 0.5) is 0 Å². The van der Waals surface area contributed by atoms with E-state index in [9.17, 15) is 13.2 Å². The summed E-state index contributed by atoms with van der Waals surface area (Å²) in [6.45, 7) is 1.96. The number of nitriles is 1. The summed E-state index contributed by atoms with van der Waals surface area (Å²) < 4.78 is 26.4. The lowest BCUT2D eigenvalue weighted by Gasteiger charge is -2.12. The van der Waals surface area contributed by atoms with Crippen LogP contribution in [0.15, 0.2) is 29.2 Å². The molecule has 6 nitrogen and oxygen atoms in total. The minimum Gasteiger partial charge on any atom is -0.481 e. The smallest absolute Gasteiger partial charge is 0.303 e. The summed E-state index contributed by atoms with van der Waals surface area (Å²) in [7, 11) is -3.63. The quantitative estimate of drug-likeness (QED) is 0.789. The second-order valence-electron chi connectivity index (χ2n) is 4.53. The first-order chi connectivity index (χ1) is 9.35. The van der Waals surface area contributed by atoms with E-state index in [2.05, 4.69) is 4.72 Å². The molecule has 0 fully saturated rings. The topological polar surface area (TPSA) is 107 Å². The third kappa shape index (κ3) is 4.99. The number of nitrogens with one attached hydrogen (secondary N) is 1. The Kier molecular flexibility index (Phi) is 5.67. The van der Waals surface area contributed by atoms with Gasteiger partial charge in [0, 0.05) is 13.0 Å². The molecule has 0 aromatic heterocycles. The van der Waals surface area contributed by atoms with Crippen LogP contribution in [0.25, 0.3) is 0 Å². The standard InChI is InChI=1S/C13H16N2O4S/c1-10(2-7-13(16)17)9-15-20(18,19)12-5-3-11(8-14)4-6-12/h3-6,10,15H,2,7,9H2,1H3,(H,16,17). The zero-order valence-corrected chi connectivity index (χ0v) is 11.9. The third-order valence-corrected chi connectivity index (χ3v) is 4.21. The van der Waals surface area contributed by atoms with Crippen molar-refractivity contribution in [3.8, 4) is 6.07 Å². The molecular formula is C13H16N2O4S. The van der Waals surface area contributed by atoms with E-state index < -0.39 is 16.0 Å².